The second-order valence-corrected chi connectivity index (χ2v) is 5.69. The van der Waals surface area contributed by atoms with Gasteiger partial charge in [0.15, 0.2) is 5.82 Å². The summed E-state index contributed by atoms with van der Waals surface area (Å²) in [7, 11) is 0. The van der Waals surface area contributed by atoms with Gasteiger partial charge in [-0.05, 0) is 18.2 Å². The molecule has 23 heavy (non-hydrogen) atoms. The molecule has 0 atom stereocenters. The molecule has 0 saturated heterocycles. The van der Waals surface area contributed by atoms with Crippen molar-refractivity contribution < 1.29 is 9.59 Å². The zero-order valence-electron chi connectivity index (χ0n) is 11.8. The molecular formula is C16H11Cl2N3O2. The Morgan fingerprint density at radius 2 is 1.87 bits per heavy atom. The third-order valence-corrected chi connectivity index (χ3v) is 3.93. The van der Waals surface area contributed by atoms with Gasteiger partial charge < -0.3 is 5.32 Å². The van der Waals surface area contributed by atoms with Crippen molar-refractivity contribution in [1.29, 1.82) is 0 Å². The van der Waals surface area contributed by atoms with Gasteiger partial charge in [-0.3, -0.25) is 14.5 Å². The maximum atomic E-state index is 12.3. The number of amides is 2. The van der Waals surface area contributed by atoms with E-state index in [1.807, 2.05) is 6.07 Å². The molecule has 116 valence electrons. The molecule has 1 aromatic carbocycles. The van der Waals surface area contributed by atoms with Crippen LogP contribution in [0.25, 0.3) is 5.70 Å². The highest BCUT2D eigenvalue weighted by atomic mass is 35.5. The van der Waals surface area contributed by atoms with E-state index in [1.54, 1.807) is 18.2 Å². The summed E-state index contributed by atoms with van der Waals surface area (Å²) >= 11 is 11.7. The van der Waals surface area contributed by atoms with Crippen LogP contribution in [0.1, 0.15) is 15.9 Å². The smallest absolute Gasteiger partial charge is 0.259 e. The van der Waals surface area contributed by atoms with Gasteiger partial charge in [0.05, 0.1) is 5.02 Å². The van der Waals surface area contributed by atoms with Crippen molar-refractivity contribution in [2.45, 2.75) is 0 Å². The molecule has 0 saturated carbocycles. The Morgan fingerprint density at radius 1 is 1.17 bits per heavy atom. The van der Waals surface area contributed by atoms with Crippen molar-refractivity contribution in [2.75, 3.05) is 11.9 Å². The average molecular weight is 348 g/mol. The first-order chi connectivity index (χ1) is 11.0. The largest absolute Gasteiger partial charge is 0.308 e. The number of hydrogen-bond acceptors (Lipinski definition) is 3. The van der Waals surface area contributed by atoms with E-state index in [0.717, 1.165) is 5.56 Å². The van der Waals surface area contributed by atoms with Crippen LogP contribution in [-0.2, 0) is 4.79 Å². The molecule has 1 aromatic heterocycles. The van der Waals surface area contributed by atoms with E-state index >= 15 is 0 Å². The lowest BCUT2D eigenvalue weighted by Crippen LogP contribution is -2.33. The second-order valence-electron chi connectivity index (χ2n) is 4.90. The van der Waals surface area contributed by atoms with E-state index < -0.39 is 5.91 Å². The second kappa shape index (κ2) is 6.02. The van der Waals surface area contributed by atoms with Gasteiger partial charge in [-0.1, -0.05) is 48.0 Å². The van der Waals surface area contributed by atoms with Gasteiger partial charge in [0, 0.05) is 16.8 Å². The average Bonchev–Trinajstić information content (AvgIpc) is 2.76. The van der Waals surface area contributed by atoms with Gasteiger partial charge in [-0.25, -0.2) is 4.98 Å². The van der Waals surface area contributed by atoms with Crippen molar-refractivity contribution in [3.63, 3.8) is 0 Å². The van der Waals surface area contributed by atoms with Gasteiger partial charge in [0.25, 0.3) is 5.91 Å². The van der Waals surface area contributed by atoms with Crippen molar-refractivity contribution >= 4 is 46.5 Å². The molecular weight excluding hydrogens is 337 g/mol. The summed E-state index contributed by atoms with van der Waals surface area (Å²) in [4.78, 5) is 29.8. The van der Waals surface area contributed by atoms with E-state index in [9.17, 15) is 9.59 Å². The molecule has 1 aliphatic rings. The summed E-state index contributed by atoms with van der Waals surface area (Å²) in [5.41, 5.74) is 1.75. The van der Waals surface area contributed by atoms with Crippen LogP contribution in [-0.4, -0.2) is 28.2 Å². The van der Waals surface area contributed by atoms with E-state index in [4.69, 9.17) is 23.2 Å². The number of fused-ring (bicyclic) bond motifs is 1. The topological polar surface area (TPSA) is 62.3 Å². The molecule has 0 bridgehead atoms. The monoisotopic (exact) mass is 347 g/mol. The van der Waals surface area contributed by atoms with E-state index in [0.29, 0.717) is 11.3 Å². The minimum absolute atomic E-state index is 0.152. The van der Waals surface area contributed by atoms with Crippen molar-refractivity contribution in [3.05, 3.63) is 64.3 Å². The van der Waals surface area contributed by atoms with Crippen LogP contribution in [0.3, 0.4) is 0 Å². The van der Waals surface area contributed by atoms with Crippen LogP contribution in [0.2, 0.25) is 10.2 Å². The van der Waals surface area contributed by atoms with Crippen LogP contribution in [0, 0.1) is 0 Å². The van der Waals surface area contributed by atoms with Crippen LogP contribution < -0.4 is 5.32 Å². The minimum Gasteiger partial charge on any atom is -0.308 e. The number of aromatic nitrogens is 1. The van der Waals surface area contributed by atoms with E-state index in [1.165, 1.54) is 17.0 Å². The molecule has 2 heterocycles. The SMILES string of the molecule is C=C1c2ccccc2C(=O)N1CC(=O)Nc1nc(Cl)ccc1Cl. The molecule has 7 heteroatoms. The number of carbonyl (C=O) groups excluding carboxylic acids is 2. The summed E-state index contributed by atoms with van der Waals surface area (Å²) in [6.45, 7) is 3.70. The number of nitrogens with one attached hydrogen (secondary N) is 1. The Labute approximate surface area is 142 Å². The lowest BCUT2D eigenvalue weighted by molar-refractivity contribution is -0.116. The molecule has 0 spiro atoms. The molecule has 0 fully saturated rings. The Bertz CT molecular complexity index is 801. The Kier molecular flexibility index (Phi) is 4.07. The zero-order chi connectivity index (χ0) is 16.6. The number of carbonyl (C=O) groups is 2. The summed E-state index contributed by atoms with van der Waals surface area (Å²) in [6, 6.07) is 10.1. The number of anilines is 1. The third kappa shape index (κ3) is 2.93. The van der Waals surface area contributed by atoms with Gasteiger partial charge in [0.2, 0.25) is 5.91 Å². The molecule has 0 radical (unpaired) electrons. The first-order valence-corrected chi connectivity index (χ1v) is 7.45. The molecule has 2 amide bonds. The molecule has 0 unspecified atom stereocenters. The Morgan fingerprint density at radius 3 is 2.57 bits per heavy atom. The number of pyridine rings is 1. The fourth-order valence-electron chi connectivity index (χ4n) is 2.32. The van der Waals surface area contributed by atoms with Gasteiger partial charge in [-0.15, -0.1) is 0 Å². The number of halogens is 2. The Balaban J connectivity index is 1.76. The predicted molar refractivity (Wildman–Crippen MR) is 89.4 cm³/mol. The first-order valence-electron chi connectivity index (χ1n) is 6.69. The van der Waals surface area contributed by atoms with Crippen molar-refractivity contribution in [2.24, 2.45) is 0 Å². The number of hydrogen-bond donors (Lipinski definition) is 1. The van der Waals surface area contributed by atoms with Crippen molar-refractivity contribution in [3.8, 4) is 0 Å². The standard InChI is InChI=1S/C16H11Cl2N3O2/c1-9-10-4-2-3-5-11(10)16(23)21(9)8-14(22)20-15-12(17)6-7-13(18)19-15/h2-7H,1,8H2,(H,19,20,22). The normalized spacial score (nSPS) is 13.2. The molecule has 5 nitrogen and oxygen atoms in total. The highest BCUT2D eigenvalue weighted by Crippen LogP contribution is 2.31. The van der Waals surface area contributed by atoms with Crippen LogP contribution in [0.15, 0.2) is 43.0 Å². The van der Waals surface area contributed by atoms with E-state index in [2.05, 4.69) is 16.9 Å². The van der Waals surface area contributed by atoms with Gasteiger partial charge in [0.1, 0.15) is 11.7 Å². The number of benzene rings is 1. The molecule has 3 rings (SSSR count). The summed E-state index contributed by atoms with van der Waals surface area (Å²) in [6.07, 6.45) is 0. The van der Waals surface area contributed by atoms with Crippen LogP contribution in [0.4, 0.5) is 5.82 Å². The number of rotatable bonds is 3. The zero-order valence-corrected chi connectivity index (χ0v) is 13.4. The summed E-state index contributed by atoms with van der Waals surface area (Å²) < 4.78 is 0. The quantitative estimate of drug-likeness (QED) is 0.865. The lowest BCUT2D eigenvalue weighted by Gasteiger charge is -2.17. The highest BCUT2D eigenvalue weighted by molar-refractivity contribution is 6.34. The number of nitrogens with zero attached hydrogens (tertiary/aromatic N) is 2. The maximum absolute atomic E-state index is 12.3. The Hall–Kier alpha value is -2.37. The third-order valence-electron chi connectivity index (χ3n) is 3.41. The molecule has 2 aromatic rings. The molecule has 0 aliphatic carbocycles. The summed E-state index contributed by atoms with van der Waals surface area (Å²) in [5, 5.41) is 3.01. The van der Waals surface area contributed by atoms with Crippen LogP contribution >= 0.6 is 23.2 Å². The highest BCUT2D eigenvalue weighted by Gasteiger charge is 2.31. The van der Waals surface area contributed by atoms with Crippen LogP contribution in [0.5, 0.6) is 0 Å². The van der Waals surface area contributed by atoms with Crippen molar-refractivity contribution in [1.82, 2.24) is 9.88 Å². The first kappa shape index (κ1) is 15.5. The van der Waals surface area contributed by atoms with E-state index in [-0.39, 0.29) is 28.4 Å². The fraction of sp³-hybridized carbons (Fsp3) is 0.0625. The molecule has 1 aliphatic heterocycles. The van der Waals surface area contributed by atoms with Gasteiger partial charge in [-0.2, -0.15) is 0 Å². The van der Waals surface area contributed by atoms with Gasteiger partial charge >= 0.3 is 0 Å². The molecule has 1 N–H and O–H groups in total. The predicted octanol–water partition coefficient (Wildman–Crippen LogP) is 3.45. The minimum atomic E-state index is -0.441. The maximum Gasteiger partial charge on any atom is 0.259 e. The summed E-state index contributed by atoms with van der Waals surface area (Å²) in [5.74, 6) is -0.547. The fourth-order valence-corrected chi connectivity index (χ4v) is 2.62. The lowest BCUT2D eigenvalue weighted by atomic mass is 10.1.